The highest BCUT2D eigenvalue weighted by atomic mass is 32.2. The van der Waals surface area contributed by atoms with Gasteiger partial charge in [-0.25, -0.2) is 0 Å². The van der Waals surface area contributed by atoms with Gasteiger partial charge in [0, 0.05) is 4.90 Å². The summed E-state index contributed by atoms with van der Waals surface area (Å²) in [7, 11) is -1.36. The van der Waals surface area contributed by atoms with Gasteiger partial charge in [-0.15, -0.1) is 0 Å². The summed E-state index contributed by atoms with van der Waals surface area (Å²) in [6.45, 7) is 0. The Bertz CT molecular complexity index is 1040. The van der Waals surface area contributed by atoms with Crippen molar-refractivity contribution in [3.63, 3.8) is 0 Å². The number of rotatable bonds is 5. The van der Waals surface area contributed by atoms with Crippen LogP contribution in [-0.4, -0.2) is 15.1 Å². The van der Waals surface area contributed by atoms with Crippen LogP contribution in [0.25, 0.3) is 10.8 Å². The molecule has 0 saturated carbocycles. The molecule has 0 aliphatic carbocycles. The van der Waals surface area contributed by atoms with Gasteiger partial charge in [0.25, 0.3) is 0 Å². The monoisotopic (exact) mass is 372 g/mol. The first kappa shape index (κ1) is 17.7. The van der Waals surface area contributed by atoms with Crippen molar-refractivity contribution in [2.75, 3.05) is 5.75 Å². The number of aliphatic hydroxyl groups is 1. The molecule has 3 heteroatoms. The van der Waals surface area contributed by atoms with Crippen LogP contribution in [0.4, 0.5) is 0 Å². The summed E-state index contributed by atoms with van der Waals surface area (Å²) in [5, 5.41) is 13.8. The topological polar surface area (TPSA) is 37.3 Å². The van der Waals surface area contributed by atoms with Crippen LogP contribution in [-0.2, 0) is 16.4 Å². The first-order valence-electron chi connectivity index (χ1n) is 8.87. The maximum Gasteiger partial charge on any atom is 0.126 e. The Kier molecular flexibility index (Phi) is 4.88. The normalized spacial score (nSPS) is 12.8. The summed E-state index contributed by atoms with van der Waals surface area (Å²) in [6, 6.07) is 32.7. The molecule has 1 atom stereocenters. The fraction of sp³-hybridized carbons (Fsp3) is 0.0833. The Morgan fingerprint density at radius 3 is 1.78 bits per heavy atom. The van der Waals surface area contributed by atoms with E-state index in [1.54, 1.807) is 0 Å². The minimum Gasteiger partial charge on any atom is -0.379 e. The fourth-order valence-electron chi connectivity index (χ4n) is 3.34. The Labute approximate surface area is 161 Å². The number of fused-ring (bicyclic) bond motifs is 1. The van der Waals surface area contributed by atoms with Gasteiger partial charge in [-0.1, -0.05) is 91.0 Å². The summed E-state index contributed by atoms with van der Waals surface area (Å²) >= 11 is 0. The molecule has 0 radical (unpaired) electrons. The van der Waals surface area contributed by atoms with Crippen molar-refractivity contribution in [3.05, 3.63) is 114 Å². The molecule has 0 aliphatic rings. The molecule has 4 rings (SSSR count). The van der Waals surface area contributed by atoms with Gasteiger partial charge in [-0.3, -0.25) is 4.21 Å². The van der Waals surface area contributed by atoms with Gasteiger partial charge in [-0.2, -0.15) is 0 Å². The van der Waals surface area contributed by atoms with Crippen molar-refractivity contribution >= 4 is 21.6 Å². The van der Waals surface area contributed by atoms with Crippen LogP contribution < -0.4 is 0 Å². The van der Waals surface area contributed by atoms with Crippen molar-refractivity contribution in [2.45, 2.75) is 10.5 Å². The van der Waals surface area contributed by atoms with E-state index < -0.39 is 16.4 Å². The first-order chi connectivity index (χ1) is 13.2. The fourth-order valence-corrected chi connectivity index (χ4v) is 4.70. The zero-order valence-electron chi connectivity index (χ0n) is 14.8. The molecule has 0 aromatic heterocycles. The van der Waals surface area contributed by atoms with Gasteiger partial charge in [0.15, 0.2) is 0 Å². The predicted octanol–water partition coefficient (Wildman–Crippen LogP) is 4.88. The van der Waals surface area contributed by atoms with Gasteiger partial charge >= 0.3 is 0 Å². The first-order valence-corrected chi connectivity index (χ1v) is 10.2. The number of hydrogen-bond acceptors (Lipinski definition) is 2. The molecule has 1 N–H and O–H groups in total. The molecule has 4 aromatic carbocycles. The quantitative estimate of drug-likeness (QED) is 0.542. The van der Waals surface area contributed by atoms with Gasteiger partial charge in [0.05, 0.1) is 16.6 Å². The van der Waals surface area contributed by atoms with E-state index in [-0.39, 0.29) is 5.75 Å². The molecule has 2 nitrogen and oxygen atoms in total. The molecule has 0 heterocycles. The highest BCUT2D eigenvalue weighted by molar-refractivity contribution is 7.85. The van der Waals surface area contributed by atoms with Crippen LogP contribution in [0.1, 0.15) is 11.1 Å². The molecule has 0 saturated heterocycles. The molecule has 0 spiro atoms. The standard InChI is InChI=1S/C24H20O2S/c25-24(21-11-3-1-4-12-21,22-13-5-2-6-14-22)18-27(26)23-16-15-19-9-7-8-10-20(19)17-23/h1-17,25H,18H2. The lowest BCUT2D eigenvalue weighted by molar-refractivity contribution is 0.106. The third-order valence-corrected chi connectivity index (χ3v) is 6.29. The van der Waals surface area contributed by atoms with Crippen LogP contribution in [0, 0.1) is 0 Å². The second kappa shape index (κ2) is 7.47. The Morgan fingerprint density at radius 1 is 0.667 bits per heavy atom. The van der Waals surface area contributed by atoms with Crippen LogP contribution in [0.3, 0.4) is 0 Å². The molecular formula is C24H20O2S. The second-order valence-corrected chi connectivity index (χ2v) is 8.04. The molecular weight excluding hydrogens is 352 g/mol. The lowest BCUT2D eigenvalue weighted by Crippen LogP contribution is -2.33. The maximum atomic E-state index is 13.2. The van der Waals surface area contributed by atoms with Crippen molar-refractivity contribution in [1.82, 2.24) is 0 Å². The largest absolute Gasteiger partial charge is 0.379 e. The average Bonchev–Trinajstić information content (AvgIpc) is 2.74. The summed E-state index contributed by atoms with van der Waals surface area (Å²) in [4.78, 5) is 0.721. The van der Waals surface area contributed by atoms with E-state index in [1.807, 2.05) is 103 Å². The molecule has 27 heavy (non-hydrogen) atoms. The van der Waals surface area contributed by atoms with Gasteiger partial charge < -0.3 is 5.11 Å². The zero-order valence-corrected chi connectivity index (χ0v) is 15.6. The lowest BCUT2D eigenvalue weighted by Gasteiger charge is -2.29. The number of hydrogen-bond donors (Lipinski definition) is 1. The van der Waals surface area contributed by atoms with E-state index in [1.165, 1.54) is 0 Å². The molecule has 0 amide bonds. The second-order valence-electron chi connectivity index (χ2n) is 6.59. The Balaban J connectivity index is 1.74. The molecule has 0 bridgehead atoms. The zero-order chi connectivity index (χ0) is 18.7. The minimum absolute atomic E-state index is 0.0966. The SMILES string of the molecule is O=S(CC(O)(c1ccccc1)c1ccccc1)c1ccc2ccccc2c1. The molecule has 0 fully saturated rings. The van der Waals surface area contributed by atoms with Gasteiger partial charge in [0.2, 0.25) is 0 Å². The number of benzene rings is 4. The van der Waals surface area contributed by atoms with E-state index in [0.29, 0.717) is 0 Å². The maximum absolute atomic E-state index is 13.2. The highest BCUT2D eigenvalue weighted by Crippen LogP contribution is 2.32. The molecule has 134 valence electrons. The van der Waals surface area contributed by atoms with Crippen LogP contribution in [0.2, 0.25) is 0 Å². The third kappa shape index (κ3) is 3.57. The molecule has 4 aromatic rings. The Morgan fingerprint density at radius 2 is 1.19 bits per heavy atom. The van der Waals surface area contributed by atoms with Crippen LogP contribution in [0.5, 0.6) is 0 Å². The lowest BCUT2D eigenvalue weighted by atomic mass is 9.88. The predicted molar refractivity (Wildman–Crippen MR) is 111 cm³/mol. The van der Waals surface area contributed by atoms with E-state index in [4.69, 9.17) is 0 Å². The summed E-state index contributed by atoms with van der Waals surface area (Å²) in [6.07, 6.45) is 0. The minimum atomic E-state index is -1.36. The van der Waals surface area contributed by atoms with E-state index >= 15 is 0 Å². The van der Waals surface area contributed by atoms with Crippen LogP contribution >= 0.6 is 0 Å². The van der Waals surface area contributed by atoms with E-state index in [2.05, 4.69) is 0 Å². The van der Waals surface area contributed by atoms with E-state index in [0.717, 1.165) is 26.8 Å². The Hall–Kier alpha value is -2.75. The summed E-state index contributed by atoms with van der Waals surface area (Å²) in [5.74, 6) is 0.0966. The van der Waals surface area contributed by atoms with E-state index in [9.17, 15) is 9.32 Å². The van der Waals surface area contributed by atoms with Crippen LogP contribution in [0.15, 0.2) is 108 Å². The molecule has 1 unspecified atom stereocenters. The van der Waals surface area contributed by atoms with Crippen molar-refractivity contribution < 1.29 is 9.32 Å². The van der Waals surface area contributed by atoms with Gasteiger partial charge in [-0.05, 0) is 34.0 Å². The highest BCUT2D eigenvalue weighted by Gasteiger charge is 2.34. The van der Waals surface area contributed by atoms with Gasteiger partial charge in [0.1, 0.15) is 5.60 Å². The summed E-state index contributed by atoms with van der Waals surface area (Å²) in [5.41, 5.74) is 0.162. The van der Waals surface area contributed by atoms with Crippen molar-refractivity contribution in [3.8, 4) is 0 Å². The average molecular weight is 372 g/mol. The van der Waals surface area contributed by atoms with Crippen molar-refractivity contribution in [2.24, 2.45) is 0 Å². The third-order valence-electron chi connectivity index (χ3n) is 4.83. The summed E-state index contributed by atoms with van der Waals surface area (Å²) < 4.78 is 13.2. The smallest absolute Gasteiger partial charge is 0.126 e. The van der Waals surface area contributed by atoms with Crippen molar-refractivity contribution in [1.29, 1.82) is 0 Å². The molecule has 0 aliphatic heterocycles.